The highest BCUT2D eigenvalue weighted by Gasteiger charge is 2.22. The Hall–Kier alpha value is -1.16. The van der Waals surface area contributed by atoms with Crippen molar-refractivity contribution in [1.29, 1.82) is 0 Å². The molecule has 1 N–H and O–H groups in total. The van der Waals surface area contributed by atoms with Crippen molar-refractivity contribution in [3.05, 3.63) is 18.0 Å². The molecule has 1 aliphatic heterocycles. The molecule has 100 valence electrons. The Morgan fingerprint density at radius 3 is 2.56 bits per heavy atom. The lowest BCUT2D eigenvalue weighted by molar-refractivity contribution is 0.208. The number of rotatable bonds is 2. The van der Waals surface area contributed by atoms with Crippen LogP contribution < -0.4 is 4.90 Å². The molecule has 0 amide bonds. The van der Waals surface area contributed by atoms with Gasteiger partial charge in [-0.1, -0.05) is 20.8 Å². The van der Waals surface area contributed by atoms with E-state index in [1.807, 2.05) is 12.4 Å². The molecule has 1 aliphatic rings. The maximum atomic E-state index is 9.24. The molecule has 1 fully saturated rings. The van der Waals surface area contributed by atoms with Crippen molar-refractivity contribution in [2.75, 3.05) is 24.6 Å². The van der Waals surface area contributed by atoms with Gasteiger partial charge in [0.25, 0.3) is 0 Å². The van der Waals surface area contributed by atoms with E-state index in [0.717, 1.165) is 37.4 Å². The third kappa shape index (κ3) is 2.99. The summed E-state index contributed by atoms with van der Waals surface area (Å²) in [7, 11) is 0. The van der Waals surface area contributed by atoms with Gasteiger partial charge in [-0.05, 0) is 29.7 Å². The van der Waals surface area contributed by atoms with Crippen molar-refractivity contribution in [3.63, 3.8) is 0 Å². The molecule has 0 saturated carbocycles. The fourth-order valence-electron chi connectivity index (χ4n) is 2.27. The van der Waals surface area contributed by atoms with E-state index < -0.39 is 0 Å². The van der Waals surface area contributed by atoms with Gasteiger partial charge in [0.1, 0.15) is 0 Å². The standard InChI is InChI=1S/C14H23N3O/c1-14(2,3)12-7-15-13(16-8-12)17-6-4-5-11(9-17)10-18/h7-8,11,18H,4-6,9-10H2,1-3H3. The lowest BCUT2D eigenvalue weighted by atomic mass is 9.89. The third-order valence-electron chi connectivity index (χ3n) is 3.56. The first kappa shape index (κ1) is 13.3. The Bertz CT molecular complexity index is 383. The van der Waals surface area contributed by atoms with Crippen LogP contribution in [0, 0.1) is 5.92 Å². The summed E-state index contributed by atoms with van der Waals surface area (Å²) in [6, 6.07) is 0. The number of piperidine rings is 1. The third-order valence-corrected chi connectivity index (χ3v) is 3.56. The summed E-state index contributed by atoms with van der Waals surface area (Å²) in [5, 5.41) is 9.24. The molecule has 2 rings (SSSR count). The van der Waals surface area contributed by atoms with Crippen molar-refractivity contribution in [2.45, 2.75) is 39.0 Å². The first-order chi connectivity index (χ1) is 8.50. The average molecular weight is 249 g/mol. The molecular weight excluding hydrogens is 226 g/mol. The van der Waals surface area contributed by atoms with Crippen LogP contribution in [0.3, 0.4) is 0 Å². The van der Waals surface area contributed by atoms with Gasteiger partial charge in [-0.25, -0.2) is 9.97 Å². The number of aliphatic hydroxyl groups is 1. The van der Waals surface area contributed by atoms with Gasteiger partial charge in [0.15, 0.2) is 0 Å². The number of hydrogen-bond acceptors (Lipinski definition) is 4. The van der Waals surface area contributed by atoms with Gasteiger partial charge in [0, 0.05) is 32.1 Å². The number of aromatic nitrogens is 2. The molecule has 0 spiro atoms. The molecule has 0 aromatic carbocycles. The van der Waals surface area contributed by atoms with Gasteiger partial charge in [-0.15, -0.1) is 0 Å². The van der Waals surface area contributed by atoms with Crippen LogP contribution in [0.4, 0.5) is 5.95 Å². The van der Waals surface area contributed by atoms with Gasteiger partial charge in [0.2, 0.25) is 5.95 Å². The highest BCUT2D eigenvalue weighted by Crippen LogP contribution is 2.23. The number of hydrogen-bond donors (Lipinski definition) is 1. The molecule has 1 atom stereocenters. The number of aliphatic hydroxyl groups excluding tert-OH is 1. The van der Waals surface area contributed by atoms with Crippen molar-refractivity contribution in [3.8, 4) is 0 Å². The Kier molecular flexibility index (Phi) is 3.85. The smallest absolute Gasteiger partial charge is 0.225 e. The van der Waals surface area contributed by atoms with E-state index in [4.69, 9.17) is 0 Å². The molecule has 1 aromatic rings. The molecule has 1 unspecified atom stereocenters. The molecule has 0 bridgehead atoms. The summed E-state index contributed by atoms with van der Waals surface area (Å²) in [4.78, 5) is 11.1. The largest absolute Gasteiger partial charge is 0.396 e. The second kappa shape index (κ2) is 5.22. The molecule has 4 nitrogen and oxygen atoms in total. The second-order valence-electron chi connectivity index (χ2n) is 6.16. The summed E-state index contributed by atoms with van der Waals surface area (Å²) in [5.41, 5.74) is 1.25. The summed E-state index contributed by atoms with van der Waals surface area (Å²) >= 11 is 0. The summed E-state index contributed by atoms with van der Waals surface area (Å²) < 4.78 is 0. The minimum atomic E-state index is 0.0913. The van der Waals surface area contributed by atoms with Crippen LogP contribution >= 0.6 is 0 Å². The van der Waals surface area contributed by atoms with Crippen LogP contribution in [0.25, 0.3) is 0 Å². The van der Waals surface area contributed by atoms with Crippen LogP contribution in [-0.2, 0) is 5.41 Å². The Morgan fingerprint density at radius 2 is 2.00 bits per heavy atom. The van der Waals surface area contributed by atoms with E-state index in [1.54, 1.807) is 0 Å². The Balaban J connectivity index is 2.09. The van der Waals surface area contributed by atoms with E-state index >= 15 is 0 Å². The molecule has 4 heteroatoms. The van der Waals surface area contributed by atoms with E-state index in [9.17, 15) is 5.11 Å². The highest BCUT2D eigenvalue weighted by molar-refractivity contribution is 5.32. The highest BCUT2D eigenvalue weighted by atomic mass is 16.3. The van der Waals surface area contributed by atoms with Gasteiger partial charge in [0.05, 0.1) is 0 Å². The van der Waals surface area contributed by atoms with E-state index in [1.165, 1.54) is 0 Å². The minimum absolute atomic E-state index is 0.0913. The average Bonchev–Trinajstić information content (AvgIpc) is 2.38. The lowest BCUT2D eigenvalue weighted by Crippen LogP contribution is -2.37. The quantitative estimate of drug-likeness (QED) is 0.870. The van der Waals surface area contributed by atoms with Gasteiger partial charge in [-0.2, -0.15) is 0 Å². The Morgan fingerprint density at radius 1 is 1.33 bits per heavy atom. The molecule has 1 saturated heterocycles. The first-order valence-corrected chi connectivity index (χ1v) is 6.69. The van der Waals surface area contributed by atoms with Gasteiger partial charge < -0.3 is 10.0 Å². The van der Waals surface area contributed by atoms with Crippen LogP contribution in [0.1, 0.15) is 39.2 Å². The van der Waals surface area contributed by atoms with Crippen LogP contribution in [0.5, 0.6) is 0 Å². The lowest BCUT2D eigenvalue weighted by Gasteiger charge is -2.32. The summed E-state index contributed by atoms with van der Waals surface area (Å²) in [5.74, 6) is 1.16. The molecule has 0 aliphatic carbocycles. The van der Waals surface area contributed by atoms with Crippen molar-refractivity contribution >= 4 is 5.95 Å². The van der Waals surface area contributed by atoms with Crippen molar-refractivity contribution < 1.29 is 5.11 Å². The predicted octanol–water partition coefficient (Wildman–Crippen LogP) is 1.98. The maximum Gasteiger partial charge on any atom is 0.225 e. The fraction of sp³-hybridized carbons (Fsp3) is 0.714. The predicted molar refractivity (Wildman–Crippen MR) is 72.8 cm³/mol. The normalized spacial score (nSPS) is 21.1. The summed E-state index contributed by atoms with van der Waals surface area (Å²) in [6.45, 7) is 8.60. The monoisotopic (exact) mass is 249 g/mol. The maximum absolute atomic E-state index is 9.24. The topological polar surface area (TPSA) is 49.2 Å². The summed E-state index contributed by atoms with van der Waals surface area (Å²) in [6.07, 6.45) is 6.05. The van der Waals surface area contributed by atoms with E-state index in [-0.39, 0.29) is 12.0 Å². The SMILES string of the molecule is CC(C)(C)c1cnc(N2CCCC(CO)C2)nc1. The first-order valence-electron chi connectivity index (χ1n) is 6.69. The van der Waals surface area contributed by atoms with Crippen LogP contribution in [0.2, 0.25) is 0 Å². The molecule has 0 radical (unpaired) electrons. The molecule has 1 aromatic heterocycles. The number of anilines is 1. The molecule has 2 heterocycles. The van der Waals surface area contributed by atoms with E-state index in [0.29, 0.717) is 5.92 Å². The van der Waals surface area contributed by atoms with Crippen molar-refractivity contribution in [1.82, 2.24) is 9.97 Å². The minimum Gasteiger partial charge on any atom is -0.396 e. The fourth-order valence-corrected chi connectivity index (χ4v) is 2.27. The number of nitrogens with zero attached hydrogens (tertiary/aromatic N) is 3. The zero-order chi connectivity index (χ0) is 13.2. The van der Waals surface area contributed by atoms with Crippen molar-refractivity contribution in [2.24, 2.45) is 5.92 Å². The Labute approximate surface area is 109 Å². The van der Waals surface area contributed by atoms with E-state index in [2.05, 4.69) is 35.6 Å². The van der Waals surface area contributed by atoms with Crippen LogP contribution in [-0.4, -0.2) is 34.8 Å². The molecule has 18 heavy (non-hydrogen) atoms. The van der Waals surface area contributed by atoms with Gasteiger partial charge in [-0.3, -0.25) is 0 Å². The molecular formula is C14H23N3O. The van der Waals surface area contributed by atoms with Crippen LogP contribution in [0.15, 0.2) is 12.4 Å². The second-order valence-corrected chi connectivity index (χ2v) is 6.16. The zero-order valence-electron chi connectivity index (χ0n) is 11.6. The zero-order valence-corrected chi connectivity index (χ0v) is 11.6. The van der Waals surface area contributed by atoms with Gasteiger partial charge >= 0.3 is 0 Å².